The Kier molecular flexibility index (Phi) is 5.73. The maximum Gasteiger partial charge on any atom is 0.255 e. The van der Waals surface area contributed by atoms with Gasteiger partial charge in [-0.25, -0.2) is 8.78 Å². The average Bonchev–Trinajstić information content (AvgIpc) is 2.26. The lowest BCUT2D eigenvalue weighted by molar-refractivity contribution is 0.0569. The van der Waals surface area contributed by atoms with Gasteiger partial charge in [-0.15, -0.1) is 11.6 Å². The largest absolute Gasteiger partial charge is 0.332 e. The van der Waals surface area contributed by atoms with E-state index in [1.165, 1.54) is 0 Å². The van der Waals surface area contributed by atoms with Crippen LogP contribution in [-0.2, 0) is 0 Å². The fourth-order valence-electron chi connectivity index (χ4n) is 2.22. The molecule has 0 atom stereocenters. The highest BCUT2D eigenvalue weighted by Crippen LogP contribution is 2.19. The van der Waals surface area contributed by atoms with E-state index < -0.39 is 13.0 Å². The number of aryl methyl sites for hydroxylation is 3. The molecule has 1 aromatic rings. The predicted molar refractivity (Wildman–Crippen MR) is 73.3 cm³/mol. The average molecular weight is 290 g/mol. The number of hydrogen-bond donors (Lipinski definition) is 0. The molecule has 0 heterocycles. The number of alkyl halides is 3. The second kappa shape index (κ2) is 6.85. The molecule has 0 saturated heterocycles. The van der Waals surface area contributed by atoms with Crippen LogP contribution in [0.1, 0.15) is 27.0 Å². The Labute approximate surface area is 117 Å². The number of carbonyl (C=O) groups excluding carboxylic acids is 1. The number of amides is 1. The molecule has 0 aliphatic heterocycles. The van der Waals surface area contributed by atoms with Crippen molar-refractivity contribution in [1.29, 1.82) is 0 Å². The minimum atomic E-state index is -2.56. The molecule has 19 heavy (non-hydrogen) atoms. The lowest BCUT2D eigenvalue weighted by atomic mass is 9.99. The molecule has 0 bridgehead atoms. The maximum atomic E-state index is 12.5. The highest BCUT2D eigenvalue weighted by molar-refractivity contribution is 6.18. The molecule has 0 radical (unpaired) electrons. The van der Waals surface area contributed by atoms with Gasteiger partial charge in [-0.3, -0.25) is 4.79 Å². The number of nitrogens with zero attached hydrogens (tertiary/aromatic N) is 1. The Morgan fingerprint density at radius 3 is 2.21 bits per heavy atom. The number of rotatable bonds is 5. The third kappa shape index (κ3) is 4.16. The van der Waals surface area contributed by atoms with Crippen LogP contribution in [0.15, 0.2) is 12.1 Å². The topological polar surface area (TPSA) is 20.3 Å². The van der Waals surface area contributed by atoms with E-state index in [0.717, 1.165) is 21.6 Å². The zero-order valence-corrected chi connectivity index (χ0v) is 12.1. The van der Waals surface area contributed by atoms with Gasteiger partial charge in [0.15, 0.2) is 0 Å². The van der Waals surface area contributed by atoms with Crippen LogP contribution < -0.4 is 0 Å². The number of benzene rings is 1. The van der Waals surface area contributed by atoms with Crippen LogP contribution in [0.4, 0.5) is 8.78 Å². The summed E-state index contributed by atoms with van der Waals surface area (Å²) >= 11 is 5.58. The molecule has 1 amide bonds. The van der Waals surface area contributed by atoms with E-state index in [-0.39, 0.29) is 18.3 Å². The Morgan fingerprint density at radius 1 is 1.26 bits per heavy atom. The van der Waals surface area contributed by atoms with Crippen molar-refractivity contribution in [3.05, 3.63) is 34.4 Å². The minimum absolute atomic E-state index is 0.123. The normalized spacial score (nSPS) is 10.9. The SMILES string of the molecule is Cc1cc(C)c(C(=O)N(CCCl)CC(F)F)c(C)c1. The summed E-state index contributed by atoms with van der Waals surface area (Å²) in [7, 11) is 0. The van der Waals surface area contributed by atoms with Crippen LogP contribution in [-0.4, -0.2) is 36.2 Å². The Balaban J connectivity index is 3.09. The van der Waals surface area contributed by atoms with E-state index in [1.807, 2.05) is 32.9 Å². The van der Waals surface area contributed by atoms with E-state index in [0.29, 0.717) is 5.56 Å². The molecule has 0 spiro atoms. The van der Waals surface area contributed by atoms with Gasteiger partial charge in [0, 0.05) is 18.0 Å². The van der Waals surface area contributed by atoms with Gasteiger partial charge in [0.05, 0.1) is 6.54 Å². The summed E-state index contributed by atoms with van der Waals surface area (Å²) in [6.07, 6.45) is -2.56. The van der Waals surface area contributed by atoms with E-state index in [9.17, 15) is 13.6 Å². The molecular weight excluding hydrogens is 272 g/mol. The molecule has 2 nitrogen and oxygen atoms in total. The molecule has 106 valence electrons. The lowest BCUT2D eigenvalue weighted by Crippen LogP contribution is -2.37. The van der Waals surface area contributed by atoms with Crippen molar-refractivity contribution >= 4 is 17.5 Å². The zero-order chi connectivity index (χ0) is 14.6. The van der Waals surface area contributed by atoms with Crippen molar-refractivity contribution in [2.45, 2.75) is 27.2 Å². The van der Waals surface area contributed by atoms with E-state index in [2.05, 4.69) is 0 Å². The molecule has 0 aliphatic rings. The molecule has 0 fully saturated rings. The summed E-state index contributed by atoms with van der Waals surface area (Å²) in [6.45, 7) is 5.10. The first-order chi connectivity index (χ1) is 8.86. The molecule has 1 aromatic carbocycles. The van der Waals surface area contributed by atoms with Crippen molar-refractivity contribution in [2.75, 3.05) is 19.0 Å². The van der Waals surface area contributed by atoms with Gasteiger partial charge in [0.2, 0.25) is 0 Å². The fraction of sp³-hybridized carbons (Fsp3) is 0.500. The quantitative estimate of drug-likeness (QED) is 0.759. The summed E-state index contributed by atoms with van der Waals surface area (Å²) < 4.78 is 25.0. The maximum absolute atomic E-state index is 12.5. The third-order valence-corrected chi connectivity index (χ3v) is 3.06. The third-order valence-electron chi connectivity index (χ3n) is 2.89. The molecule has 5 heteroatoms. The summed E-state index contributed by atoms with van der Waals surface area (Å²) in [4.78, 5) is 13.5. The van der Waals surface area contributed by atoms with Gasteiger partial charge in [0.1, 0.15) is 0 Å². The van der Waals surface area contributed by atoms with Crippen molar-refractivity contribution in [3.8, 4) is 0 Å². The van der Waals surface area contributed by atoms with Crippen LogP contribution in [0.3, 0.4) is 0 Å². The first-order valence-corrected chi connectivity index (χ1v) is 6.61. The van der Waals surface area contributed by atoms with E-state index in [4.69, 9.17) is 11.6 Å². The van der Waals surface area contributed by atoms with E-state index >= 15 is 0 Å². The van der Waals surface area contributed by atoms with Gasteiger partial charge in [-0.05, 0) is 31.9 Å². The summed E-state index contributed by atoms with van der Waals surface area (Å²) in [5, 5.41) is 0. The highest BCUT2D eigenvalue weighted by atomic mass is 35.5. The molecule has 0 N–H and O–H groups in total. The van der Waals surface area contributed by atoms with Gasteiger partial charge >= 0.3 is 0 Å². The second-order valence-corrected chi connectivity index (χ2v) is 4.98. The Bertz CT molecular complexity index is 440. The molecule has 1 rings (SSSR count). The number of carbonyl (C=O) groups is 1. The van der Waals surface area contributed by atoms with Crippen molar-refractivity contribution in [2.24, 2.45) is 0 Å². The highest BCUT2D eigenvalue weighted by Gasteiger charge is 2.22. The van der Waals surface area contributed by atoms with E-state index in [1.54, 1.807) is 0 Å². The molecule has 0 aliphatic carbocycles. The van der Waals surface area contributed by atoms with Crippen LogP contribution >= 0.6 is 11.6 Å². The summed E-state index contributed by atoms with van der Waals surface area (Å²) in [5.41, 5.74) is 3.15. The molecular formula is C14H18ClF2NO. The number of hydrogen-bond acceptors (Lipinski definition) is 1. The summed E-state index contributed by atoms with van der Waals surface area (Å²) in [5.74, 6) is -0.237. The van der Waals surface area contributed by atoms with Gasteiger partial charge in [-0.1, -0.05) is 17.7 Å². The van der Waals surface area contributed by atoms with Crippen LogP contribution in [0.25, 0.3) is 0 Å². The van der Waals surface area contributed by atoms with Crippen molar-refractivity contribution in [3.63, 3.8) is 0 Å². The number of halogens is 3. The monoisotopic (exact) mass is 289 g/mol. The van der Waals surface area contributed by atoms with Crippen molar-refractivity contribution < 1.29 is 13.6 Å². The van der Waals surface area contributed by atoms with Gasteiger partial charge in [-0.2, -0.15) is 0 Å². The molecule has 0 saturated carbocycles. The van der Waals surface area contributed by atoms with Gasteiger partial charge < -0.3 is 4.90 Å². The lowest BCUT2D eigenvalue weighted by Gasteiger charge is -2.23. The van der Waals surface area contributed by atoms with Crippen molar-refractivity contribution in [1.82, 2.24) is 4.90 Å². The van der Waals surface area contributed by atoms with Crippen LogP contribution in [0.2, 0.25) is 0 Å². The molecule has 0 aromatic heterocycles. The second-order valence-electron chi connectivity index (χ2n) is 4.60. The zero-order valence-electron chi connectivity index (χ0n) is 11.3. The fourth-order valence-corrected chi connectivity index (χ4v) is 2.42. The minimum Gasteiger partial charge on any atom is -0.332 e. The Morgan fingerprint density at radius 2 is 1.79 bits per heavy atom. The first kappa shape index (κ1) is 15.9. The summed E-state index contributed by atoms with van der Waals surface area (Å²) in [6, 6.07) is 3.75. The molecule has 0 unspecified atom stereocenters. The standard InChI is InChI=1S/C14H18ClF2NO/c1-9-6-10(2)13(11(3)7-9)14(19)18(5-4-15)8-12(16)17/h6-7,12H,4-5,8H2,1-3H3. The van der Waals surface area contributed by atoms with Crippen LogP contribution in [0.5, 0.6) is 0 Å². The predicted octanol–water partition coefficient (Wildman–Crippen LogP) is 3.56. The first-order valence-electron chi connectivity index (χ1n) is 6.08. The smallest absolute Gasteiger partial charge is 0.255 e. The van der Waals surface area contributed by atoms with Crippen LogP contribution in [0, 0.1) is 20.8 Å². The van der Waals surface area contributed by atoms with Gasteiger partial charge in [0.25, 0.3) is 12.3 Å². The Hall–Kier alpha value is -1.16.